The van der Waals surface area contributed by atoms with Crippen LogP contribution in [0.4, 0.5) is 5.69 Å². The molecule has 1 N–H and O–H groups in total. The van der Waals surface area contributed by atoms with Gasteiger partial charge in [0.1, 0.15) is 0 Å². The van der Waals surface area contributed by atoms with Crippen LogP contribution in [0.15, 0.2) is 31.0 Å². The molecule has 80 valence electrons. The smallest absolute Gasteiger partial charge is 0.0387 e. The summed E-state index contributed by atoms with van der Waals surface area (Å²) >= 11 is 0. The molecule has 0 atom stereocenters. The van der Waals surface area contributed by atoms with E-state index in [0.29, 0.717) is 0 Å². The van der Waals surface area contributed by atoms with Crippen LogP contribution in [0.3, 0.4) is 0 Å². The molecule has 15 heavy (non-hydrogen) atoms. The molecule has 0 spiro atoms. The van der Waals surface area contributed by atoms with Crippen LogP contribution in [0.25, 0.3) is 6.08 Å². The first-order valence-electron chi connectivity index (χ1n) is 5.27. The van der Waals surface area contributed by atoms with E-state index in [-0.39, 0.29) is 0 Å². The fourth-order valence-electron chi connectivity index (χ4n) is 1.77. The number of hydrogen-bond acceptors (Lipinski definition) is 1. The van der Waals surface area contributed by atoms with Gasteiger partial charge in [-0.3, -0.25) is 0 Å². The van der Waals surface area contributed by atoms with Crippen molar-refractivity contribution in [1.29, 1.82) is 0 Å². The van der Waals surface area contributed by atoms with E-state index in [9.17, 15) is 0 Å². The van der Waals surface area contributed by atoms with Crippen molar-refractivity contribution >= 4 is 11.8 Å². The Balaban J connectivity index is 3.19. The van der Waals surface area contributed by atoms with E-state index in [4.69, 9.17) is 0 Å². The molecule has 0 heterocycles. The first-order valence-corrected chi connectivity index (χ1v) is 5.27. The van der Waals surface area contributed by atoms with Gasteiger partial charge in [-0.15, -0.1) is 0 Å². The van der Waals surface area contributed by atoms with Gasteiger partial charge in [0.25, 0.3) is 0 Å². The summed E-state index contributed by atoms with van der Waals surface area (Å²) in [5.74, 6) is 0. The molecule has 0 fully saturated rings. The highest BCUT2D eigenvalue weighted by atomic mass is 14.9. The summed E-state index contributed by atoms with van der Waals surface area (Å²) in [4.78, 5) is 0. The van der Waals surface area contributed by atoms with Crippen molar-refractivity contribution in [1.82, 2.24) is 0 Å². The zero-order valence-electron chi connectivity index (χ0n) is 9.85. The van der Waals surface area contributed by atoms with Gasteiger partial charge in [0, 0.05) is 11.4 Å². The highest BCUT2D eigenvalue weighted by Crippen LogP contribution is 2.22. The lowest BCUT2D eigenvalue weighted by molar-refractivity contribution is 1.12. The number of aryl methyl sites for hydroxylation is 2. The second-order valence-electron chi connectivity index (χ2n) is 3.83. The maximum Gasteiger partial charge on any atom is 0.0387 e. The molecule has 1 nitrogen and oxygen atoms in total. The zero-order valence-corrected chi connectivity index (χ0v) is 9.85. The average molecular weight is 201 g/mol. The standard InChI is InChI=1S/C14H19N/c1-6-12-9-13(15-10(3)4)8-11(5)14(12)7-2/h7-9,15H,2-3,6H2,1,4-5H3. The summed E-state index contributed by atoms with van der Waals surface area (Å²) < 4.78 is 0. The first-order chi connectivity index (χ1) is 7.08. The fourth-order valence-corrected chi connectivity index (χ4v) is 1.77. The molecule has 0 amide bonds. The van der Waals surface area contributed by atoms with Crippen LogP contribution in [-0.4, -0.2) is 0 Å². The Bertz CT molecular complexity index is 389. The predicted octanol–water partition coefficient (Wildman–Crippen LogP) is 4.15. The van der Waals surface area contributed by atoms with E-state index in [1.807, 2.05) is 13.0 Å². The Labute approximate surface area is 92.5 Å². The SMILES string of the molecule is C=Cc1c(C)cc(NC(=C)C)cc1CC. The third kappa shape index (κ3) is 2.72. The van der Waals surface area contributed by atoms with Crippen LogP contribution < -0.4 is 5.32 Å². The van der Waals surface area contributed by atoms with Gasteiger partial charge >= 0.3 is 0 Å². The molecular formula is C14H19N. The Morgan fingerprint density at radius 3 is 2.60 bits per heavy atom. The minimum Gasteiger partial charge on any atom is -0.360 e. The van der Waals surface area contributed by atoms with Crippen molar-refractivity contribution in [3.05, 3.63) is 47.7 Å². The van der Waals surface area contributed by atoms with Gasteiger partial charge in [0.2, 0.25) is 0 Å². The highest BCUT2D eigenvalue weighted by molar-refractivity contribution is 5.63. The fraction of sp³-hybridized carbons (Fsp3) is 0.286. The molecule has 1 aromatic rings. The van der Waals surface area contributed by atoms with Crippen LogP contribution in [0, 0.1) is 6.92 Å². The lowest BCUT2D eigenvalue weighted by Crippen LogP contribution is -1.98. The number of hydrogen-bond donors (Lipinski definition) is 1. The number of rotatable bonds is 4. The van der Waals surface area contributed by atoms with Gasteiger partial charge < -0.3 is 5.32 Å². The monoisotopic (exact) mass is 201 g/mol. The Morgan fingerprint density at radius 2 is 2.13 bits per heavy atom. The molecule has 0 aliphatic rings. The van der Waals surface area contributed by atoms with Gasteiger partial charge in [-0.1, -0.05) is 26.2 Å². The van der Waals surface area contributed by atoms with E-state index in [1.165, 1.54) is 16.7 Å². The Morgan fingerprint density at radius 1 is 1.47 bits per heavy atom. The molecule has 1 aromatic carbocycles. The first kappa shape index (κ1) is 11.6. The molecule has 1 rings (SSSR count). The van der Waals surface area contributed by atoms with Crippen molar-refractivity contribution < 1.29 is 0 Å². The summed E-state index contributed by atoms with van der Waals surface area (Å²) in [7, 11) is 0. The molecule has 0 aromatic heterocycles. The third-order valence-corrected chi connectivity index (χ3v) is 2.42. The number of allylic oxidation sites excluding steroid dienone is 1. The van der Waals surface area contributed by atoms with Crippen molar-refractivity contribution in [2.75, 3.05) is 5.32 Å². The molecule has 0 saturated carbocycles. The molecule has 0 radical (unpaired) electrons. The maximum atomic E-state index is 3.85. The summed E-state index contributed by atoms with van der Waals surface area (Å²) in [6, 6.07) is 4.30. The predicted molar refractivity (Wildman–Crippen MR) is 69.1 cm³/mol. The van der Waals surface area contributed by atoms with Gasteiger partial charge in [0.15, 0.2) is 0 Å². The van der Waals surface area contributed by atoms with Crippen LogP contribution in [-0.2, 0) is 6.42 Å². The van der Waals surface area contributed by atoms with Gasteiger partial charge in [0.05, 0.1) is 0 Å². The number of benzene rings is 1. The lowest BCUT2D eigenvalue weighted by atomic mass is 9.99. The largest absolute Gasteiger partial charge is 0.360 e. The molecule has 0 aliphatic carbocycles. The molecule has 0 saturated heterocycles. The molecule has 0 unspecified atom stereocenters. The second kappa shape index (κ2) is 4.83. The highest BCUT2D eigenvalue weighted by Gasteiger charge is 2.03. The van der Waals surface area contributed by atoms with Crippen molar-refractivity contribution in [2.24, 2.45) is 0 Å². The topological polar surface area (TPSA) is 12.0 Å². The van der Waals surface area contributed by atoms with E-state index in [0.717, 1.165) is 17.8 Å². The number of anilines is 1. The van der Waals surface area contributed by atoms with Crippen molar-refractivity contribution in [3.63, 3.8) is 0 Å². The molecular weight excluding hydrogens is 182 g/mol. The van der Waals surface area contributed by atoms with Crippen LogP contribution in [0.2, 0.25) is 0 Å². The Kier molecular flexibility index (Phi) is 3.73. The third-order valence-electron chi connectivity index (χ3n) is 2.42. The van der Waals surface area contributed by atoms with E-state index >= 15 is 0 Å². The van der Waals surface area contributed by atoms with Crippen LogP contribution in [0.1, 0.15) is 30.5 Å². The zero-order chi connectivity index (χ0) is 11.4. The maximum absolute atomic E-state index is 3.85. The molecule has 1 heteroatoms. The van der Waals surface area contributed by atoms with Crippen LogP contribution >= 0.6 is 0 Å². The van der Waals surface area contributed by atoms with E-state index in [1.54, 1.807) is 0 Å². The summed E-state index contributed by atoms with van der Waals surface area (Å²) in [6.45, 7) is 13.9. The normalized spacial score (nSPS) is 9.80. The quantitative estimate of drug-likeness (QED) is 0.771. The number of nitrogens with one attached hydrogen (secondary N) is 1. The molecule has 0 aliphatic heterocycles. The van der Waals surface area contributed by atoms with Crippen LogP contribution in [0.5, 0.6) is 0 Å². The van der Waals surface area contributed by atoms with Crippen molar-refractivity contribution in [3.8, 4) is 0 Å². The van der Waals surface area contributed by atoms with Gasteiger partial charge in [-0.25, -0.2) is 0 Å². The van der Waals surface area contributed by atoms with Gasteiger partial charge in [-0.05, 0) is 49.1 Å². The summed E-state index contributed by atoms with van der Waals surface area (Å²) in [6.07, 6.45) is 2.95. The Hall–Kier alpha value is -1.50. The summed E-state index contributed by atoms with van der Waals surface area (Å²) in [5.41, 5.74) is 5.91. The lowest BCUT2D eigenvalue weighted by Gasteiger charge is -2.12. The van der Waals surface area contributed by atoms with Crippen molar-refractivity contribution in [2.45, 2.75) is 27.2 Å². The second-order valence-corrected chi connectivity index (χ2v) is 3.83. The minimum atomic E-state index is 0.961. The summed E-state index contributed by atoms with van der Waals surface area (Å²) in [5, 5.41) is 3.24. The average Bonchev–Trinajstić information content (AvgIpc) is 2.15. The van der Waals surface area contributed by atoms with E-state index in [2.05, 4.69) is 44.5 Å². The minimum absolute atomic E-state index is 0.961. The van der Waals surface area contributed by atoms with E-state index < -0.39 is 0 Å². The van der Waals surface area contributed by atoms with Gasteiger partial charge in [-0.2, -0.15) is 0 Å². The molecule has 0 bridgehead atoms.